The molecule has 0 aliphatic carbocycles. The molecule has 2 aromatic carbocycles. The number of benzene rings is 2. The fourth-order valence-corrected chi connectivity index (χ4v) is 3.64. The van der Waals surface area contributed by atoms with Crippen LogP contribution in [0.1, 0.15) is 5.56 Å². The molecule has 2 heterocycles. The molecule has 0 unspecified atom stereocenters. The van der Waals surface area contributed by atoms with Crippen LogP contribution in [0.4, 0.5) is 0 Å². The number of carbonyl (C=O) groups is 1. The molecule has 9 nitrogen and oxygen atoms in total. The number of hydrogen-bond donors (Lipinski definition) is 2. The Hall–Kier alpha value is -4.01. The van der Waals surface area contributed by atoms with Crippen LogP contribution >= 0.6 is 0 Å². The quantitative estimate of drug-likeness (QED) is 0.439. The van der Waals surface area contributed by atoms with Gasteiger partial charge in [-0.1, -0.05) is 0 Å². The highest BCUT2D eigenvalue weighted by Gasteiger charge is 2.13. The molecule has 9 heteroatoms. The van der Waals surface area contributed by atoms with E-state index in [0.717, 1.165) is 22.2 Å². The molecule has 4 rings (SSSR count). The number of rotatable bonds is 8. The summed E-state index contributed by atoms with van der Waals surface area (Å²) >= 11 is 0. The number of nitrogens with zero attached hydrogens (tertiary/aromatic N) is 2. The van der Waals surface area contributed by atoms with E-state index in [9.17, 15) is 9.59 Å². The lowest BCUT2D eigenvalue weighted by Crippen LogP contribution is -2.33. The van der Waals surface area contributed by atoms with Crippen molar-refractivity contribution in [3.8, 4) is 17.2 Å². The van der Waals surface area contributed by atoms with Gasteiger partial charge in [-0.2, -0.15) is 0 Å². The molecule has 0 aliphatic heterocycles. The first-order valence-corrected chi connectivity index (χ1v) is 10.1. The van der Waals surface area contributed by atoms with Crippen molar-refractivity contribution in [1.29, 1.82) is 0 Å². The zero-order valence-corrected chi connectivity index (χ0v) is 18.1. The van der Waals surface area contributed by atoms with E-state index in [1.165, 1.54) is 25.1 Å². The molecule has 0 spiro atoms. The Balaban J connectivity index is 1.44. The summed E-state index contributed by atoms with van der Waals surface area (Å²) in [6.45, 7) is 0.307. The Labute approximate surface area is 183 Å². The Morgan fingerprint density at radius 2 is 1.84 bits per heavy atom. The molecule has 0 saturated heterocycles. The summed E-state index contributed by atoms with van der Waals surface area (Å²) in [6, 6.07) is 9.03. The van der Waals surface area contributed by atoms with Gasteiger partial charge in [0.25, 0.3) is 5.56 Å². The number of hydrogen-bond acceptors (Lipinski definition) is 6. The van der Waals surface area contributed by atoms with Crippen molar-refractivity contribution in [1.82, 2.24) is 19.9 Å². The molecule has 0 bridgehead atoms. The van der Waals surface area contributed by atoms with Crippen molar-refractivity contribution in [2.24, 2.45) is 0 Å². The van der Waals surface area contributed by atoms with Gasteiger partial charge in [-0.3, -0.25) is 14.2 Å². The molecule has 0 saturated carbocycles. The average molecular weight is 436 g/mol. The van der Waals surface area contributed by atoms with Crippen molar-refractivity contribution in [2.45, 2.75) is 13.0 Å². The lowest BCUT2D eigenvalue weighted by Gasteiger charge is -2.11. The SMILES string of the molecule is COc1ccc2[nH]cc(CCNC(=O)Cn3cnc4cc(OC)c(OC)cc4c3=O)c2c1. The van der Waals surface area contributed by atoms with Crippen molar-refractivity contribution >= 4 is 27.7 Å². The largest absolute Gasteiger partial charge is 0.497 e. The van der Waals surface area contributed by atoms with Gasteiger partial charge in [0.2, 0.25) is 5.91 Å². The maximum atomic E-state index is 12.8. The standard InChI is InChI=1S/C23H24N4O5/c1-30-15-4-5-18-16(8-15)14(11-25-18)6-7-24-22(28)12-27-13-26-19-10-21(32-3)20(31-2)9-17(19)23(27)29/h4-5,8-11,13,25H,6-7,12H2,1-3H3,(H,24,28). The first-order valence-electron chi connectivity index (χ1n) is 10.1. The maximum Gasteiger partial charge on any atom is 0.261 e. The van der Waals surface area contributed by atoms with E-state index in [4.69, 9.17) is 14.2 Å². The highest BCUT2D eigenvalue weighted by molar-refractivity contribution is 5.85. The molecule has 0 radical (unpaired) electrons. The number of nitrogens with one attached hydrogen (secondary N) is 2. The van der Waals surface area contributed by atoms with E-state index in [2.05, 4.69) is 15.3 Å². The van der Waals surface area contributed by atoms with E-state index in [-0.39, 0.29) is 18.0 Å². The lowest BCUT2D eigenvalue weighted by atomic mass is 10.1. The smallest absolute Gasteiger partial charge is 0.261 e. The van der Waals surface area contributed by atoms with Crippen LogP contribution in [0.5, 0.6) is 17.2 Å². The Kier molecular flexibility index (Phi) is 5.98. The monoisotopic (exact) mass is 436 g/mol. The van der Waals surface area contributed by atoms with Crippen molar-refractivity contribution in [3.05, 3.63) is 58.8 Å². The lowest BCUT2D eigenvalue weighted by molar-refractivity contribution is -0.121. The molecular formula is C23H24N4O5. The Morgan fingerprint density at radius 1 is 1.06 bits per heavy atom. The number of aromatic nitrogens is 3. The number of aromatic amines is 1. The van der Waals surface area contributed by atoms with Gasteiger partial charge in [0.1, 0.15) is 12.3 Å². The molecule has 2 N–H and O–H groups in total. The van der Waals surface area contributed by atoms with Gasteiger partial charge in [0.05, 0.1) is 38.6 Å². The fraction of sp³-hybridized carbons (Fsp3) is 0.261. The van der Waals surface area contributed by atoms with E-state index in [0.29, 0.717) is 35.4 Å². The second kappa shape index (κ2) is 9.01. The van der Waals surface area contributed by atoms with Crippen LogP contribution in [-0.4, -0.2) is 48.3 Å². The van der Waals surface area contributed by atoms with E-state index in [1.807, 2.05) is 24.4 Å². The zero-order valence-electron chi connectivity index (χ0n) is 18.1. The Bertz CT molecular complexity index is 1340. The summed E-state index contributed by atoms with van der Waals surface area (Å²) in [5, 5.41) is 4.27. The topological polar surface area (TPSA) is 107 Å². The summed E-state index contributed by atoms with van der Waals surface area (Å²) in [5.74, 6) is 1.42. The van der Waals surface area contributed by atoms with Gasteiger partial charge in [-0.25, -0.2) is 4.98 Å². The van der Waals surface area contributed by atoms with Crippen molar-refractivity contribution < 1.29 is 19.0 Å². The van der Waals surface area contributed by atoms with Gasteiger partial charge in [-0.05, 0) is 36.2 Å². The molecule has 166 valence electrons. The molecule has 0 fully saturated rings. The number of methoxy groups -OCH3 is 3. The van der Waals surface area contributed by atoms with Crippen LogP contribution in [0.2, 0.25) is 0 Å². The first kappa shape index (κ1) is 21.2. The number of fused-ring (bicyclic) bond motifs is 2. The molecule has 0 atom stereocenters. The maximum absolute atomic E-state index is 12.8. The summed E-state index contributed by atoms with van der Waals surface area (Å²) in [6.07, 6.45) is 3.93. The highest BCUT2D eigenvalue weighted by Crippen LogP contribution is 2.29. The minimum atomic E-state index is -0.324. The number of H-pyrrole nitrogens is 1. The zero-order chi connectivity index (χ0) is 22.7. The second-order valence-corrected chi connectivity index (χ2v) is 7.23. The third-order valence-corrected chi connectivity index (χ3v) is 5.33. The normalized spacial score (nSPS) is 11.0. The van der Waals surface area contributed by atoms with Gasteiger partial charge in [-0.15, -0.1) is 0 Å². The second-order valence-electron chi connectivity index (χ2n) is 7.23. The van der Waals surface area contributed by atoms with E-state index in [1.54, 1.807) is 19.2 Å². The van der Waals surface area contributed by atoms with Crippen LogP contribution < -0.4 is 25.1 Å². The highest BCUT2D eigenvalue weighted by atomic mass is 16.5. The van der Waals surface area contributed by atoms with Crippen LogP contribution in [-0.2, 0) is 17.8 Å². The van der Waals surface area contributed by atoms with Gasteiger partial charge < -0.3 is 24.5 Å². The molecule has 4 aromatic rings. The fourth-order valence-electron chi connectivity index (χ4n) is 3.64. The molecule has 0 aliphatic rings. The average Bonchev–Trinajstić information content (AvgIpc) is 3.22. The number of ether oxygens (including phenoxy) is 3. The van der Waals surface area contributed by atoms with Crippen LogP contribution in [0, 0.1) is 0 Å². The first-order chi connectivity index (χ1) is 15.5. The summed E-state index contributed by atoms with van der Waals surface area (Å²) in [4.78, 5) is 32.8. The van der Waals surface area contributed by atoms with Crippen molar-refractivity contribution in [3.63, 3.8) is 0 Å². The van der Waals surface area contributed by atoms with Gasteiger partial charge >= 0.3 is 0 Å². The predicted octanol–water partition coefficient (Wildman–Crippen LogP) is 2.26. The van der Waals surface area contributed by atoms with E-state index < -0.39 is 0 Å². The molecule has 32 heavy (non-hydrogen) atoms. The molecule has 2 aromatic heterocycles. The number of amides is 1. The molecule has 1 amide bonds. The van der Waals surface area contributed by atoms with Gasteiger partial charge in [0, 0.05) is 29.7 Å². The van der Waals surface area contributed by atoms with Crippen molar-refractivity contribution in [2.75, 3.05) is 27.9 Å². The summed E-state index contributed by atoms with van der Waals surface area (Å²) in [7, 11) is 4.64. The predicted molar refractivity (Wildman–Crippen MR) is 121 cm³/mol. The third-order valence-electron chi connectivity index (χ3n) is 5.33. The van der Waals surface area contributed by atoms with E-state index >= 15 is 0 Å². The van der Waals surface area contributed by atoms with Crippen LogP contribution in [0.15, 0.2) is 47.7 Å². The summed E-state index contributed by atoms with van der Waals surface area (Å²) in [5.41, 5.74) is 2.23. The summed E-state index contributed by atoms with van der Waals surface area (Å²) < 4.78 is 17.1. The van der Waals surface area contributed by atoms with Crippen LogP contribution in [0.3, 0.4) is 0 Å². The minimum absolute atomic E-state index is 0.127. The van der Waals surface area contributed by atoms with Gasteiger partial charge in [0.15, 0.2) is 11.5 Å². The third kappa shape index (κ3) is 4.09. The minimum Gasteiger partial charge on any atom is -0.497 e. The molecular weight excluding hydrogens is 412 g/mol. The number of carbonyl (C=O) groups excluding carboxylic acids is 1. The Morgan fingerprint density at radius 3 is 2.59 bits per heavy atom. The van der Waals surface area contributed by atoms with Crippen LogP contribution in [0.25, 0.3) is 21.8 Å².